The SMILES string of the molecule is CCC(=O)Oc1cc(-c2nc3ccc4ccccc4c3n2CC)c(OC(=O)CC)cc1-c1nc2ccc3ccccc3c2n1CC. The minimum Gasteiger partial charge on any atom is -0.426 e. The first-order valence-electron chi connectivity index (χ1n) is 15.8. The van der Waals surface area contributed by atoms with Crippen molar-refractivity contribution in [3.63, 3.8) is 0 Å². The first-order chi connectivity index (χ1) is 22.4. The zero-order chi connectivity index (χ0) is 31.9. The van der Waals surface area contributed by atoms with E-state index in [9.17, 15) is 9.59 Å². The number of esters is 2. The van der Waals surface area contributed by atoms with E-state index in [1.54, 1.807) is 26.0 Å². The van der Waals surface area contributed by atoms with Gasteiger partial charge in [0.2, 0.25) is 0 Å². The highest BCUT2D eigenvalue weighted by Crippen LogP contribution is 2.43. The molecule has 230 valence electrons. The van der Waals surface area contributed by atoms with Crippen LogP contribution < -0.4 is 9.47 Å². The van der Waals surface area contributed by atoms with Crippen LogP contribution in [-0.2, 0) is 22.7 Å². The number of fused-ring (bicyclic) bond motifs is 6. The summed E-state index contributed by atoms with van der Waals surface area (Å²) in [5.41, 5.74) is 4.71. The number of carbonyl (C=O) groups is 2. The van der Waals surface area contributed by atoms with E-state index in [0.717, 1.165) is 43.6 Å². The summed E-state index contributed by atoms with van der Waals surface area (Å²) in [7, 11) is 0. The monoisotopic (exact) mass is 610 g/mol. The van der Waals surface area contributed by atoms with Crippen molar-refractivity contribution in [2.45, 2.75) is 53.6 Å². The molecule has 8 nitrogen and oxygen atoms in total. The maximum absolute atomic E-state index is 12.9. The van der Waals surface area contributed by atoms with Crippen LogP contribution in [0, 0.1) is 0 Å². The number of rotatable bonds is 8. The summed E-state index contributed by atoms with van der Waals surface area (Å²) in [4.78, 5) is 35.9. The molecule has 2 heterocycles. The number of nitrogens with zero attached hydrogens (tertiary/aromatic N) is 4. The van der Waals surface area contributed by atoms with Crippen LogP contribution in [0.3, 0.4) is 0 Å². The summed E-state index contributed by atoms with van der Waals surface area (Å²) >= 11 is 0. The predicted octanol–water partition coefficient (Wildman–Crippen LogP) is 8.70. The molecule has 0 aliphatic rings. The van der Waals surface area contributed by atoms with Gasteiger partial charge in [-0.2, -0.15) is 0 Å². The summed E-state index contributed by atoms with van der Waals surface area (Å²) < 4.78 is 16.3. The van der Waals surface area contributed by atoms with Crippen LogP contribution in [0.2, 0.25) is 0 Å². The molecular weight excluding hydrogens is 576 g/mol. The molecular formula is C38H34N4O4. The lowest BCUT2D eigenvalue weighted by atomic mass is 10.1. The Morgan fingerprint density at radius 2 is 1.00 bits per heavy atom. The normalized spacial score (nSPS) is 11.6. The quantitative estimate of drug-likeness (QED) is 0.126. The van der Waals surface area contributed by atoms with Crippen LogP contribution in [0.1, 0.15) is 40.5 Å². The maximum Gasteiger partial charge on any atom is 0.310 e. The Hall–Kier alpha value is -5.50. The summed E-state index contributed by atoms with van der Waals surface area (Å²) in [6.07, 6.45) is 0.380. The van der Waals surface area contributed by atoms with Crippen molar-refractivity contribution in [3.05, 3.63) is 84.9 Å². The van der Waals surface area contributed by atoms with Crippen LogP contribution in [0.25, 0.3) is 66.4 Å². The van der Waals surface area contributed by atoms with Gasteiger partial charge in [-0.05, 0) is 48.9 Å². The lowest BCUT2D eigenvalue weighted by Crippen LogP contribution is -2.11. The van der Waals surface area contributed by atoms with E-state index in [4.69, 9.17) is 19.4 Å². The van der Waals surface area contributed by atoms with Gasteiger partial charge in [-0.15, -0.1) is 0 Å². The Morgan fingerprint density at radius 3 is 1.39 bits per heavy atom. The van der Waals surface area contributed by atoms with E-state index < -0.39 is 0 Å². The van der Waals surface area contributed by atoms with Crippen molar-refractivity contribution >= 4 is 55.6 Å². The summed E-state index contributed by atoms with van der Waals surface area (Å²) in [5.74, 6) is 1.11. The number of aryl methyl sites for hydroxylation is 2. The highest BCUT2D eigenvalue weighted by atomic mass is 16.5. The molecule has 0 saturated carbocycles. The van der Waals surface area contributed by atoms with Crippen molar-refractivity contribution in [1.82, 2.24) is 19.1 Å². The van der Waals surface area contributed by atoms with Gasteiger partial charge in [0, 0.05) is 36.7 Å². The van der Waals surface area contributed by atoms with Crippen molar-refractivity contribution in [3.8, 4) is 34.3 Å². The number of benzene rings is 5. The van der Waals surface area contributed by atoms with Gasteiger partial charge in [-0.25, -0.2) is 9.97 Å². The van der Waals surface area contributed by atoms with Crippen LogP contribution in [0.4, 0.5) is 0 Å². The lowest BCUT2D eigenvalue weighted by molar-refractivity contribution is -0.135. The smallest absolute Gasteiger partial charge is 0.310 e. The number of aromatic nitrogens is 4. The van der Waals surface area contributed by atoms with Crippen LogP contribution in [0.5, 0.6) is 11.5 Å². The van der Waals surface area contributed by atoms with E-state index in [-0.39, 0.29) is 24.8 Å². The highest BCUT2D eigenvalue weighted by molar-refractivity contribution is 6.07. The first-order valence-corrected chi connectivity index (χ1v) is 15.8. The third kappa shape index (κ3) is 4.77. The molecule has 0 N–H and O–H groups in total. The second-order valence-electron chi connectivity index (χ2n) is 11.2. The average Bonchev–Trinajstić information content (AvgIpc) is 3.67. The molecule has 0 unspecified atom stereocenters. The Kier molecular flexibility index (Phi) is 7.48. The average molecular weight is 611 g/mol. The molecule has 0 radical (unpaired) electrons. The molecule has 7 aromatic rings. The van der Waals surface area contributed by atoms with Gasteiger partial charge in [0.25, 0.3) is 0 Å². The van der Waals surface area contributed by atoms with E-state index >= 15 is 0 Å². The van der Waals surface area contributed by atoms with Crippen molar-refractivity contribution in [2.24, 2.45) is 0 Å². The Morgan fingerprint density at radius 1 is 0.587 bits per heavy atom. The molecule has 0 aliphatic carbocycles. The van der Waals surface area contributed by atoms with Gasteiger partial charge in [0.15, 0.2) is 0 Å². The predicted molar refractivity (Wildman–Crippen MR) is 182 cm³/mol. The molecule has 8 heteroatoms. The van der Waals surface area contributed by atoms with Crippen LogP contribution in [0.15, 0.2) is 84.9 Å². The van der Waals surface area contributed by atoms with Crippen LogP contribution in [-0.4, -0.2) is 31.0 Å². The van der Waals surface area contributed by atoms with Gasteiger partial charge < -0.3 is 18.6 Å². The zero-order valence-corrected chi connectivity index (χ0v) is 26.3. The fourth-order valence-corrected chi connectivity index (χ4v) is 6.29. The topological polar surface area (TPSA) is 88.2 Å². The molecule has 0 saturated heterocycles. The Balaban J connectivity index is 1.54. The van der Waals surface area contributed by atoms with E-state index in [0.29, 0.717) is 47.4 Å². The molecule has 0 bridgehead atoms. The summed E-state index contributed by atoms with van der Waals surface area (Å²) in [5, 5.41) is 4.36. The number of ether oxygens (including phenoxy) is 2. The van der Waals surface area contributed by atoms with E-state index in [1.165, 1.54) is 0 Å². The zero-order valence-electron chi connectivity index (χ0n) is 26.3. The molecule has 5 aromatic carbocycles. The van der Waals surface area contributed by atoms with E-state index in [1.807, 2.05) is 36.4 Å². The number of hydrogen-bond acceptors (Lipinski definition) is 6. The minimum atomic E-state index is -0.384. The Bertz CT molecular complexity index is 2150. The second-order valence-corrected chi connectivity index (χ2v) is 11.2. The lowest BCUT2D eigenvalue weighted by Gasteiger charge is -2.17. The summed E-state index contributed by atoms with van der Waals surface area (Å²) in [6.45, 7) is 8.87. The molecule has 46 heavy (non-hydrogen) atoms. The van der Waals surface area contributed by atoms with Gasteiger partial charge >= 0.3 is 11.9 Å². The van der Waals surface area contributed by atoms with Crippen molar-refractivity contribution in [1.29, 1.82) is 0 Å². The van der Waals surface area contributed by atoms with Gasteiger partial charge in [0.05, 0.1) is 33.2 Å². The third-order valence-corrected chi connectivity index (χ3v) is 8.48. The van der Waals surface area contributed by atoms with E-state index in [2.05, 4.69) is 59.4 Å². The number of imidazole rings is 2. The fraction of sp³-hybridized carbons (Fsp3) is 0.211. The first kappa shape index (κ1) is 29.2. The summed E-state index contributed by atoms with van der Waals surface area (Å²) in [6, 6.07) is 28.1. The fourth-order valence-electron chi connectivity index (χ4n) is 6.29. The van der Waals surface area contributed by atoms with Gasteiger partial charge in [-0.1, -0.05) is 74.5 Å². The molecule has 0 amide bonds. The molecule has 0 atom stereocenters. The standard InChI is InChI=1S/C38H34N4O4/c1-5-33(43)45-31-21-28(38-40-30-20-18-24-14-10-12-16-26(24)36(30)42(38)8-4)32(46-34(44)6-2)22-27(31)37-39-29-19-17-23-13-9-11-15-25(23)35(29)41(37)7-3/h9-22H,5-8H2,1-4H3. The molecule has 7 rings (SSSR count). The Labute approximate surface area is 266 Å². The van der Waals surface area contributed by atoms with Gasteiger partial charge in [-0.3, -0.25) is 9.59 Å². The second kappa shape index (κ2) is 11.8. The largest absolute Gasteiger partial charge is 0.426 e. The van der Waals surface area contributed by atoms with Crippen LogP contribution >= 0.6 is 0 Å². The van der Waals surface area contributed by atoms with Crippen molar-refractivity contribution < 1.29 is 19.1 Å². The highest BCUT2D eigenvalue weighted by Gasteiger charge is 2.26. The van der Waals surface area contributed by atoms with Crippen molar-refractivity contribution in [2.75, 3.05) is 0 Å². The molecule has 0 fully saturated rings. The molecule has 0 spiro atoms. The maximum atomic E-state index is 12.9. The number of carbonyl (C=O) groups excluding carboxylic acids is 2. The number of hydrogen-bond donors (Lipinski definition) is 0. The molecule has 2 aromatic heterocycles. The third-order valence-electron chi connectivity index (χ3n) is 8.48. The minimum absolute atomic E-state index is 0.190. The molecule has 0 aliphatic heterocycles. The van der Waals surface area contributed by atoms with Gasteiger partial charge in [0.1, 0.15) is 23.1 Å².